The average molecular weight is 300 g/mol. The summed E-state index contributed by atoms with van der Waals surface area (Å²) in [4.78, 5) is 8.65. The maximum Gasteiger partial charge on any atom is 0.225 e. The fourth-order valence-electron chi connectivity index (χ4n) is 1.96. The van der Waals surface area contributed by atoms with Crippen molar-refractivity contribution in [2.24, 2.45) is 0 Å². The molecule has 1 heterocycles. The highest BCUT2D eigenvalue weighted by Crippen LogP contribution is 2.30. The monoisotopic (exact) mass is 300 g/mol. The first-order chi connectivity index (χ1) is 10.1. The van der Waals surface area contributed by atoms with Gasteiger partial charge in [0.25, 0.3) is 0 Å². The third kappa shape index (κ3) is 3.44. The summed E-state index contributed by atoms with van der Waals surface area (Å²) in [5.74, 6) is 1.91. The predicted octanol–water partition coefficient (Wildman–Crippen LogP) is 3.52. The summed E-state index contributed by atoms with van der Waals surface area (Å²) in [7, 11) is 1.80. The summed E-state index contributed by atoms with van der Waals surface area (Å²) in [5, 5.41) is 12.6. The number of nitrogens with one attached hydrogen (secondary N) is 1. The molecule has 0 bridgehead atoms. The molecule has 108 valence electrons. The first-order valence-electron chi connectivity index (χ1n) is 6.37. The number of rotatable bonds is 4. The first-order valence-corrected chi connectivity index (χ1v) is 7.60. The van der Waals surface area contributed by atoms with Crippen molar-refractivity contribution >= 4 is 17.6 Å². The van der Waals surface area contributed by atoms with Crippen LogP contribution in [0.5, 0.6) is 11.6 Å². The lowest BCUT2D eigenvalue weighted by molar-refractivity contribution is 0.449. The molecule has 0 aliphatic carbocycles. The third-order valence-electron chi connectivity index (χ3n) is 2.92. The van der Waals surface area contributed by atoms with Crippen molar-refractivity contribution in [1.29, 1.82) is 5.26 Å². The van der Waals surface area contributed by atoms with E-state index in [0.717, 1.165) is 16.9 Å². The van der Waals surface area contributed by atoms with Crippen LogP contribution in [0.1, 0.15) is 16.7 Å². The number of benzene rings is 1. The zero-order valence-corrected chi connectivity index (χ0v) is 13.2. The molecular formula is C15H16N4OS. The van der Waals surface area contributed by atoms with Gasteiger partial charge in [-0.15, -0.1) is 0 Å². The Hall–Kier alpha value is -2.26. The van der Waals surface area contributed by atoms with E-state index >= 15 is 0 Å². The molecule has 0 fully saturated rings. The SMILES string of the molecule is CNc1cc(Oc2c(C)cc(C#N)cc2C)nc(SC)n1. The fourth-order valence-corrected chi connectivity index (χ4v) is 2.33. The van der Waals surface area contributed by atoms with E-state index in [-0.39, 0.29) is 0 Å². The van der Waals surface area contributed by atoms with Crippen LogP contribution in [-0.4, -0.2) is 23.3 Å². The molecule has 1 aromatic heterocycles. The highest BCUT2D eigenvalue weighted by atomic mass is 32.2. The maximum absolute atomic E-state index is 8.98. The van der Waals surface area contributed by atoms with Crippen LogP contribution >= 0.6 is 11.8 Å². The Morgan fingerprint density at radius 1 is 1.19 bits per heavy atom. The quantitative estimate of drug-likeness (QED) is 0.688. The molecule has 5 nitrogen and oxygen atoms in total. The molecule has 2 rings (SSSR count). The van der Waals surface area contributed by atoms with Crippen molar-refractivity contribution in [1.82, 2.24) is 9.97 Å². The van der Waals surface area contributed by atoms with Gasteiger partial charge in [0.15, 0.2) is 5.16 Å². The van der Waals surface area contributed by atoms with Crippen LogP contribution in [0, 0.1) is 25.2 Å². The first kappa shape index (κ1) is 15.1. The molecular weight excluding hydrogens is 284 g/mol. The van der Waals surface area contributed by atoms with Crippen LogP contribution in [0.15, 0.2) is 23.4 Å². The Bertz CT molecular complexity index is 664. The molecule has 21 heavy (non-hydrogen) atoms. The Morgan fingerprint density at radius 3 is 2.38 bits per heavy atom. The standard InChI is InChI=1S/C15H16N4OS/c1-9-5-11(8-16)6-10(2)14(9)20-13-7-12(17-3)18-15(19-13)21-4/h5-7H,1-4H3,(H,17,18,19). The highest BCUT2D eigenvalue weighted by molar-refractivity contribution is 7.98. The van der Waals surface area contributed by atoms with E-state index in [4.69, 9.17) is 10.00 Å². The van der Waals surface area contributed by atoms with Gasteiger partial charge in [-0.2, -0.15) is 10.2 Å². The van der Waals surface area contributed by atoms with Gasteiger partial charge in [0, 0.05) is 13.1 Å². The number of hydrogen-bond donors (Lipinski definition) is 1. The van der Waals surface area contributed by atoms with Gasteiger partial charge < -0.3 is 10.1 Å². The second-order valence-corrected chi connectivity index (χ2v) is 5.25. The molecule has 0 aliphatic heterocycles. The van der Waals surface area contributed by atoms with Gasteiger partial charge in [0.05, 0.1) is 11.6 Å². The minimum atomic E-state index is 0.481. The van der Waals surface area contributed by atoms with Crippen molar-refractivity contribution < 1.29 is 4.74 Å². The topological polar surface area (TPSA) is 70.8 Å². The van der Waals surface area contributed by atoms with Gasteiger partial charge in [-0.3, -0.25) is 0 Å². The van der Waals surface area contributed by atoms with E-state index in [1.54, 1.807) is 25.2 Å². The number of aryl methyl sites for hydroxylation is 2. The Labute approximate surface area is 128 Å². The molecule has 0 aliphatic rings. The van der Waals surface area contributed by atoms with Crippen LogP contribution in [0.25, 0.3) is 0 Å². The zero-order valence-electron chi connectivity index (χ0n) is 12.4. The summed E-state index contributed by atoms with van der Waals surface area (Å²) >= 11 is 1.45. The molecule has 0 saturated carbocycles. The van der Waals surface area contributed by atoms with Crippen molar-refractivity contribution in [3.8, 4) is 17.7 Å². The Balaban J connectivity index is 2.41. The van der Waals surface area contributed by atoms with E-state index in [9.17, 15) is 0 Å². The fraction of sp³-hybridized carbons (Fsp3) is 0.267. The lowest BCUT2D eigenvalue weighted by atomic mass is 10.1. The molecule has 6 heteroatoms. The minimum absolute atomic E-state index is 0.481. The second-order valence-electron chi connectivity index (χ2n) is 4.48. The van der Waals surface area contributed by atoms with E-state index in [1.807, 2.05) is 20.1 Å². The van der Waals surface area contributed by atoms with Gasteiger partial charge in [0.1, 0.15) is 11.6 Å². The third-order valence-corrected chi connectivity index (χ3v) is 3.46. The van der Waals surface area contributed by atoms with E-state index in [0.29, 0.717) is 22.4 Å². The summed E-state index contributed by atoms with van der Waals surface area (Å²) in [6.45, 7) is 3.83. The number of ether oxygens (including phenoxy) is 1. The van der Waals surface area contributed by atoms with Crippen molar-refractivity contribution in [3.05, 3.63) is 34.9 Å². The van der Waals surface area contributed by atoms with Crippen LogP contribution < -0.4 is 10.1 Å². The number of aromatic nitrogens is 2. The Kier molecular flexibility index (Phi) is 4.66. The smallest absolute Gasteiger partial charge is 0.225 e. The van der Waals surface area contributed by atoms with Crippen molar-refractivity contribution in [2.45, 2.75) is 19.0 Å². The summed E-state index contributed by atoms with van der Waals surface area (Å²) < 4.78 is 5.91. The summed E-state index contributed by atoms with van der Waals surface area (Å²) in [6, 6.07) is 7.50. The van der Waals surface area contributed by atoms with Gasteiger partial charge in [-0.1, -0.05) is 11.8 Å². The van der Waals surface area contributed by atoms with E-state index < -0.39 is 0 Å². The average Bonchev–Trinajstić information content (AvgIpc) is 2.50. The number of nitriles is 1. The summed E-state index contributed by atoms with van der Waals surface area (Å²) in [5.41, 5.74) is 2.43. The molecule has 2 aromatic rings. The molecule has 0 spiro atoms. The van der Waals surface area contributed by atoms with Crippen molar-refractivity contribution in [2.75, 3.05) is 18.6 Å². The van der Waals surface area contributed by atoms with Crippen LogP contribution in [0.2, 0.25) is 0 Å². The van der Waals surface area contributed by atoms with Crippen LogP contribution in [0.3, 0.4) is 0 Å². The Morgan fingerprint density at radius 2 is 1.86 bits per heavy atom. The normalized spacial score (nSPS) is 10.0. The molecule has 0 radical (unpaired) electrons. The van der Waals surface area contributed by atoms with Gasteiger partial charge in [-0.05, 0) is 43.4 Å². The summed E-state index contributed by atoms with van der Waals surface area (Å²) in [6.07, 6.45) is 1.91. The minimum Gasteiger partial charge on any atom is -0.438 e. The largest absolute Gasteiger partial charge is 0.438 e. The molecule has 0 atom stereocenters. The lowest BCUT2D eigenvalue weighted by Crippen LogP contribution is -2.00. The van der Waals surface area contributed by atoms with Gasteiger partial charge in [0.2, 0.25) is 5.88 Å². The maximum atomic E-state index is 8.98. The number of thioether (sulfide) groups is 1. The lowest BCUT2D eigenvalue weighted by Gasteiger charge is -2.12. The van der Waals surface area contributed by atoms with E-state index in [1.165, 1.54) is 11.8 Å². The molecule has 0 amide bonds. The predicted molar refractivity (Wildman–Crippen MR) is 84.1 cm³/mol. The number of anilines is 1. The number of hydrogen-bond acceptors (Lipinski definition) is 6. The number of nitrogens with zero attached hydrogens (tertiary/aromatic N) is 3. The van der Waals surface area contributed by atoms with Gasteiger partial charge in [-0.25, -0.2) is 4.98 Å². The van der Waals surface area contributed by atoms with Crippen LogP contribution in [0.4, 0.5) is 5.82 Å². The highest BCUT2D eigenvalue weighted by Gasteiger charge is 2.10. The molecule has 1 aromatic carbocycles. The molecule has 0 unspecified atom stereocenters. The van der Waals surface area contributed by atoms with Crippen LogP contribution in [-0.2, 0) is 0 Å². The van der Waals surface area contributed by atoms with Gasteiger partial charge >= 0.3 is 0 Å². The molecule has 1 N–H and O–H groups in total. The zero-order chi connectivity index (χ0) is 15.4. The van der Waals surface area contributed by atoms with E-state index in [2.05, 4.69) is 21.4 Å². The van der Waals surface area contributed by atoms with Crippen molar-refractivity contribution in [3.63, 3.8) is 0 Å². The molecule has 0 saturated heterocycles. The second kappa shape index (κ2) is 6.46.